The number of nitrogens with zero attached hydrogens (tertiary/aromatic N) is 5. The molecule has 0 saturated carbocycles. The molecule has 0 bridgehead atoms. The first kappa shape index (κ1) is 19.3. The minimum absolute atomic E-state index is 0.162. The summed E-state index contributed by atoms with van der Waals surface area (Å²) in [5.74, 6) is -0.809. The second-order valence-corrected chi connectivity index (χ2v) is 6.10. The number of benzene rings is 1. The molecule has 2 heterocycles. The molecule has 0 aliphatic carbocycles. The van der Waals surface area contributed by atoms with Crippen LogP contribution in [0.5, 0.6) is 0 Å². The summed E-state index contributed by atoms with van der Waals surface area (Å²) in [5.41, 5.74) is 1.44. The Balaban J connectivity index is 1.77. The van der Waals surface area contributed by atoms with Gasteiger partial charge in [-0.2, -0.15) is 0 Å². The Bertz CT molecular complexity index is 928. The van der Waals surface area contributed by atoms with Crippen LogP contribution in [0.15, 0.2) is 29.6 Å². The smallest absolute Gasteiger partial charge is 0.414 e. The first-order chi connectivity index (χ1) is 13.4. The van der Waals surface area contributed by atoms with E-state index in [2.05, 4.69) is 25.6 Å². The number of hydrogen-bond acceptors (Lipinski definition) is 7. The van der Waals surface area contributed by atoms with Gasteiger partial charge in [0.1, 0.15) is 30.3 Å². The molecule has 11 heteroatoms. The van der Waals surface area contributed by atoms with Gasteiger partial charge < -0.3 is 14.9 Å². The largest absolute Gasteiger partial charge is 0.442 e. The van der Waals surface area contributed by atoms with Crippen LogP contribution in [0.3, 0.4) is 0 Å². The lowest BCUT2D eigenvalue weighted by molar-refractivity contribution is -0.119. The summed E-state index contributed by atoms with van der Waals surface area (Å²) in [7, 11) is 1.41. The maximum atomic E-state index is 14.6. The lowest BCUT2D eigenvalue weighted by Gasteiger charge is -2.14. The van der Waals surface area contributed by atoms with Crippen molar-refractivity contribution >= 4 is 23.4 Å². The van der Waals surface area contributed by atoms with Gasteiger partial charge in [0.25, 0.3) is 0 Å². The molecule has 1 unspecified atom stereocenters. The fourth-order valence-corrected chi connectivity index (χ4v) is 2.68. The molecule has 1 fully saturated rings. The van der Waals surface area contributed by atoms with E-state index in [9.17, 15) is 14.0 Å². The number of anilines is 1. The standard InChI is InChI=1S/C17H19FN6O4/c1-10(21-27-3)15-9-24(22-20-15)16-5-4-12(6-14(16)18)23-8-13(28-17(23)26)7-19-11(2)25/h4-6,9,13H,7-8H2,1-3H3,(H,19,25). The Morgan fingerprint density at radius 3 is 2.93 bits per heavy atom. The van der Waals surface area contributed by atoms with Crippen LogP contribution in [-0.4, -0.2) is 59.0 Å². The predicted molar refractivity (Wildman–Crippen MR) is 96.8 cm³/mol. The number of cyclic esters (lactones) is 1. The van der Waals surface area contributed by atoms with E-state index in [0.717, 1.165) is 0 Å². The van der Waals surface area contributed by atoms with Crippen molar-refractivity contribution < 1.29 is 23.6 Å². The monoisotopic (exact) mass is 390 g/mol. The highest BCUT2D eigenvalue weighted by atomic mass is 19.1. The molecule has 1 aromatic heterocycles. The van der Waals surface area contributed by atoms with Crippen molar-refractivity contribution in [2.45, 2.75) is 20.0 Å². The van der Waals surface area contributed by atoms with E-state index >= 15 is 0 Å². The second-order valence-electron chi connectivity index (χ2n) is 6.10. The van der Waals surface area contributed by atoms with Crippen LogP contribution in [0.25, 0.3) is 5.69 Å². The Morgan fingerprint density at radius 1 is 1.46 bits per heavy atom. The second kappa shape index (κ2) is 8.03. The normalized spacial score (nSPS) is 16.9. The van der Waals surface area contributed by atoms with Crippen LogP contribution in [0, 0.1) is 5.82 Å². The van der Waals surface area contributed by atoms with Gasteiger partial charge in [-0.15, -0.1) is 5.10 Å². The van der Waals surface area contributed by atoms with Crippen LogP contribution >= 0.6 is 0 Å². The van der Waals surface area contributed by atoms with E-state index in [1.807, 2.05) is 0 Å². The first-order valence-corrected chi connectivity index (χ1v) is 8.42. The van der Waals surface area contributed by atoms with Gasteiger partial charge in [-0.1, -0.05) is 10.4 Å². The number of ether oxygens (including phenoxy) is 1. The molecular weight excluding hydrogens is 371 g/mol. The lowest BCUT2D eigenvalue weighted by Crippen LogP contribution is -2.33. The molecule has 0 spiro atoms. The highest BCUT2D eigenvalue weighted by Gasteiger charge is 2.32. The summed E-state index contributed by atoms with van der Waals surface area (Å²) < 4.78 is 21.1. The molecule has 1 aliphatic rings. The molecule has 2 amide bonds. The van der Waals surface area contributed by atoms with Crippen LogP contribution in [0.1, 0.15) is 19.5 Å². The zero-order valence-corrected chi connectivity index (χ0v) is 15.5. The molecule has 1 aromatic carbocycles. The number of amides is 2. The molecule has 2 aromatic rings. The third-order valence-electron chi connectivity index (χ3n) is 4.03. The number of nitrogens with one attached hydrogen (secondary N) is 1. The molecule has 1 aliphatic heterocycles. The van der Waals surface area contributed by atoms with Crippen molar-refractivity contribution in [1.29, 1.82) is 0 Å². The molecule has 1 atom stereocenters. The zero-order chi connectivity index (χ0) is 20.3. The van der Waals surface area contributed by atoms with Gasteiger partial charge in [0.05, 0.1) is 25.0 Å². The molecular formula is C17H19FN6O4. The quantitative estimate of drug-likeness (QED) is 0.587. The van der Waals surface area contributed by atoms with E-state index in [1.165, 1.54) is 41.9 Å². The molecule has 0 radical (unpaired) electrons. The van der Waals surface area contributed by atoms with Crippen molar-refractivity contribution in [2.24, 2.45) is 5.16 Å². The van der Waals surface area contributed by atoms with Gasteiger partial charge in [-0.3, -0.25) is 9.69 Å². The van der Waals surface area contributed by atoms with Gasteiger partial charge in [-0.05, 0) is 25.1 Å². The fraction of sp³-hybridized carbons (Fsp3) is 0.353. The van der Waals surface area contributed by atoms with E-state index in [4.69, 9.17) is 4.74 Å². The maximum Gasteiger partial charge on any atom is 0.414 e. The zero-order valence-electron chi connectivity index (χ0n) is 15.5. The highest BCUT2D eigenvalue weighted by Crippen LogP contribution is 2.25. The molecule has 28 heavy (non-hydrogen) atoms. The van der Waals surface area contributed by atoms with Crippen LogP contribution < -0.4 is 10.2 Å². The Kier molecular flexibility index (Phi) is 5.52. The summed E-state index contributed by atoms with van der Waals surface area (Å²) in [6, 6.07) is 4.28. The number of halogens is 1. The SMILES string of the molecule is CON=C(C)c1cn(-c2ccc(N3CC(CNC(C)=O)OC3=O)cc2F)nn1. The third-order valence-corrected chi connectivity index (χ3v) is 4.03. The number of hydrogen-bond donors (Lipinski definition) is 1. The Morgan fingerprint density at radius 2 is 2.25 bits per heavy atom. The van der Waals surface area contributed by atoms with Crippen LogP contribution in [0.2, 0.25) is 0 Å². The Labute approximate surface area is 159 Å². The summed E-state index contributed by atoms with van der Waals surface area (Å²) in [6.45, 7) is 3.47. The average molecular weight is 390 g/mol. The highest BCUT2D eigenvalue weighted by molar-refractivity contribution is 5.96. The minimum atomic E-state index is -0.600. The number of rotatable bonds is 6. The summed E-state index contributed by atoms with van der Waals surface area (Å²) in [6.07, 6.45) is 0.417. The van der Waals surface area contributed by atoms with Gasteiger partial charge >= 0.3 is 6.09 Å². The average Bonchev–Trinajstić information content (AvgIpc) is 3.27. The van der Waals surface area contributed by atoms with E-state index in [-0.39, 0.29) is 24.7 Å². The van der Waals surface area contributed by atoms with Crippen molar-refractivity contribution in [3.05, 3.63) is 35.9 Å². The van der Waals surface area contributed by atoms with Crippen molar-refractivity contribution in [2.75, 3.05) is 25.1 Å². The number of aromatic nitrogens is 3. The molecule has 3 rings (SSSR count). The predicted octanol–water partition coefficient (Wildman–Crippen LogP) is 1.24. The molecule has 148 valence electrons. The third kappa shape index (κ3) is 4.08. The number of carbonyl (C=O) groups is 2. The van der Waals surface area contributed by atoms with Gasteiger partial charge in [0.15, 0.2) is 5.82 Å². The first-order valence-electron chi connectivity index (χ1n) is 8.42. The van der Waals surface area contributed by atoms with Gasteiger partial charge in [0, 0.05) is 6.92 Å². The summed E-state index contributed by atoms with van der Waals surface area (Å²) in [4.78, 5) is 29.0. The summed E-state index contributed by atoms with van der Waals surface area (Å²) in [5, 5.41) is 14.2. The van der Waals surface area contributed by atoms with Crippen LogP contribution in [-0.2, 0) is 14.4 Å². The topological polar surface area (TPSA) is 111 Å². The Hall–Kier alpha value is -3.50. The summed E-state index contributed by atoms with van der Waals surface area (Å²) >= 11 is 0. The van der Waals surface area contributed by atoms with Crippen molar-refractivity contribution in [1.82, 2.24) is 20.3 Å². The lowest BCUT2D eigenvalue weighted by atomic mass is 10.2. The number of carbonyl (C=O) groups excluding carboxylic acids is 2. The van der Waals surface area contributed by atoms with Crippen LogP contribution in [0.4, 0.5) is 14.9 Å². The van der Waals surface area contributed by atoms with E-state index in [1.54, 1.807) is 13.0 Å². The van der Waals surface area contributed by atoms with E-state index in [0.29, 0.717) is 17.1 Å². The fourth-order valence-electron chi connectivity index (χ4n) is 2.68. The number of oxime groups is 1. The van der Waals surface area contributed by atoms with Gasteiger partial charge in [-0.25, -0.2) is 13.9 Å². The van der Waals surface area contributed by atoms with E-state index < -0.39 is 18.0 Å². The maximum absolute atomic E-state index is 14.6. The minimum Gasteiger partial charge on any atom is -0.442 e. The molecule has 1 saturated heterocycles. The van der Waals surface area contributed by atoms with Crippen molar-refractivity contribution in [3.8, 4) is 5.69 Å². The molecule has 10 nitrogen and oxygen atoms in total. The van der Waals surface area contributed by atoms with Crippen molar-refractivity contribution in [3.63, 3.8) is 0 Å². The molecule has 1 N–H and O–H groups in total. The van der Waals surface area contributed by atoms with Gasteiger partial charge in [0.2, 0.25) is 5.91 Å².